The maximum absolute atomic E-state index is 12.2. The fourth-order valence-corrected chi connectivity index (χ4v) is 5.13. The Labute approximate surface area is 227 Å². The minimum absolute atomic E-state index is 0.280. The topological polar surface area (TPSA) is 87.2 Å². The summed E-state index contributed by atoms with van der Waals surface area (Å²) in [5, 5.41) is 3.93. The number of nitrogens with zero attached hydrogens (tertiary/aromatic N) is 2. The van der Waals surface area contributed by atoms with Gasteiger partial charge in [0.25, 0.3) is 0 Å². The molecule has 0 aliphatic rings. The molecule has 2 aromatic carbocycles. The third-order valence-electron chi connectivity index (χ3n) is 5.83. The zero-order valence-corrected chi connectivity index (χ0v) is 24.4. The average Bonchev–Trinajstić information content (AvgIpc) is 3.13. The van der Waals surface area contributed by atoms with Crippen LogP contribution >= 0.6 is 31.9 Å². The molecule has 0 bridgehead atoms. The molecule has 1 unspecified atom stereocenters. The SMILES string of the molecule is CO/N=C(\Br)CCC/C=C(/c1cc(C)c(OC)c(C(Br)NOC)c1)c1cc(C)c2oc(=O)n(C)c2c1. The van der Waals surface area contributed by atoms with Crippen molar-refractivity contribution in [3.8, 4) is 5.75 Å². The van der Waals surface area contributed by atoms with Crippen molar-refractivity contribution in [3.05, 3.63) is 68.7 Å². The Kier molecular flexibility index (Phi) is 9.95. The Balaban J connectivity index is 2.16. The fraction of sp³-hybridized carbons (Fsp3) is 0.385. The van der Waals surface area contributed by atoms with Crippen LogP contribution in [-0.4, -0.2) is 30.5 Å². The van der Waals surface area contributed by atoms with E-state index in [1.165, 1.54) is 11.7 Å². The third kappa shape index (κ3) is 6.29. The van der Waals surface area contributed by atoms with E-state index in [0.717, 1.165) is 68.5 Å². The van der Waals surface area contributed by atoms with Gasteiger partial charge in [0.15, 0.2) is 5.58 Å². The molecule has 0 aliphatic carbocycles. The molecule has 194 valence electrons. The Morgan fingerprint density at radius 2 is 1.86 bits per heavy atom. The Morgan fingerprint density at radius 3 is 2.53 bits per heavy atom. The largest absolute Gasteiger partial charge is 0.496 e. The number of oxazole rings is 1. The smallest absolute Gasteiger partial charge is 0.419 e. The molecule has 0 saturated carbocycles. The molecule has 8 nitrogen and oxygen atoms in total. The standard InChI is InChI=1S/C26H31Br2N3O5/c1-15-11-17(13-20(23(15)33-4)25(28)30-35-6)19(9-7-8-10-22(27)29-34-5)18-12-16(2)24-21(14-18)31(3)26(32)36-24/h9,11-14,25,30H,7-8,10H2,1-6H3/b19-9-,29-22-. The molecule has 0 spiro atoms. The lowest BCUT2D eigenvalue weighted by Gasteiger charge is -2.20. The second-order valence-corrected chi connectivity index (χ2v) is 10.2. The monoisotopic (exact) mass is 623 g/mol. The normalized spacial score (nSPS) is 13.3. The summed E-state index contributed by atoms with van der Waals surface area (Å²) in [4.78, 5) is 21.9. The number of hydroxylamine groups is 1. The highest BCUT2D eigenvalue weighted by Gasteiger charge is 2.19. The first-order chi connectivity index (χ1) is 17.2. The summed E-state index contributed by atoms with van der Waals surface area (Å²) in [7, 11) is 6.47. The van der Waals surface area contributed by atoms with Crippen molar-refractivity contribution >= 4 is 53.2 Å². The Bertz CT molecular complexity index is 1340. The highest BCUT2D eigenvalue weighted by atomic mass is 79.9. The number of aromatic nitrogens is 1. The van der Waals surface area contributed by atoms with Crippen LogP contribution in [0.15, 0.2) is 44.7 Å². The molecule has 0 amide bonds. The Hall–Kier alpha value is -2.40. The second-order valence-electron chi connectivity index (χ2n) is 8.33. The van der Waals surface area contributed by atoms with Crippen molar-refractivity contribution in [1.82, 2.24) is 10.0 Å². The number of methoxy groups -OCH3 is 1. The molecular formula is C26H31Br2N3O5. The fourth-order valence-electron chi connectivity index (χ4n) is 4.18. The van der Waals surface area contributed by atoms with E-state index in [-0.39, 0.29) is 10.7 Å². The Morgan fingerprint density at radius 1 is 1.17 bits per heavy atom. The second kappa shape index (κ2) is 12.7. The average molecular weight is 625 g/mol. The molecule has 3 rings (SSSR count). The van der Waals surface area contributed by atoms with Gasteiger partial charge in [-0.3, -0.25) is 4.57 Å². The number of rotatable bonds is 11. The van der Waals surface area contributed by atoms with Crippen LogP contribution in [0.3, 0.4) is 0 Å². The molecule has 0 saturated heterocycles. The van der Waals surface area contributed by atoms with Gasteiger partial charge in [-0.05, 0) is 94.7 Å². The third-order valence-corrected chi connectivity index (χ3v) is 7.05. The lowest BCUT2D eigenvalue weighted by atomic mass is 9.92. The maximum Gasteiger partial charge on any atom is 0.419 e. The molecule has 1 aromatic heterocycles. The maximum atomic E-state index is 12.2. The van der Waals surface area contributed by atoms with Gasteiger partial charge < -0.3 is 18.8 Å². The van der Waals surface area contributed by atoms with Crippen LogP contribution < -0.4 is 16.0 Å². The van der Waals surface area contributed by atoms with Crippen molar-refractivity contribution in [1.29, 1.82) is 0 Å². The number of unbranched alkanes of at least 4 members (excludes halogenated alkanes) is 1. The van der Waals surface area contributed by atoms with Gasteiger partial charge in [0.05, 0.1) is 19.7 Å². The summed E-state index contributed by atoms with van der Waals surface area (Å²) in [5.74, 6) is 0.390. The van der Waals surface area contributed by atoms with Crippen molar-refractivity contribution in [2.75, 3.05) is 21.3 Å². The van der Waals surface area contributed by atoms with E-state index >= 15 is 0 Å². The number of ether oxygens (including phenoxy) is 1. The van der Waals surface area contributed by atoms with Crippen LogP contribution in [0.25, 0.3) is 16.7 Å². The molecule has 1 atom stereocenters. The first kappa shape index (κ1) is 28.2. The number of aryl methyl sites for hydroxylation is 3. The minimum atomic E-state index is -0.381. The molecule has 0 fully saturated rings. The van der Waals surface area contributed by atoms with Crippen LogP contribution in [0.4, 0.5) is 0 Å². The number of nitrogens with one attached hydrogen (secondary N) is 1. The summed E-state index contributed by atoms with van der Waals surface area (Å²) < 4.78 is 13.5. The van der Waals surface area contributed by atoms with E-state index in [2.05, 4.69) is 66.8 Å². The summed E-state index contributed by atoms with van der Waals surface area (Å²) in [6, 6.07) is 8.24. The van der Waals surface area contributed by atoms with Crippen LogP contribution in [-0.2, 0) is 16.7 Å². The first-order valence-corrected chi connectivity index (χ1v) is 13.1. The quantitative estimate of drug-likeness (QED) is 0.0891. The van der Waals surface area contributed by atoms with Gasteiger partial charge in [0.2, 0.25) is 0 Å². The van der Waals surface area contributed by atoms with Crippen LogP contribution in [0.2, 0.25) is 0 Å². The number of oxime groups is 1. The van der Waals surface area contributed by atoms with Crippen LogP contribution in [0, 0.1) is 13.8 Å². The first-order valence-electron chi connectivity index (χ1n) is 11.4. The number of allylic oxidation sites excluding steroid dienone is 1. The van der Waals surface area contributed by atoms with E-state index in [4.69, 9.17) is 18.8 Å². The highest BCUT2D eigenvalue weighted by molar-refractivity contribution is 9.18. The van der Waals surface area contributed by atoms with Crippen molar-refractivity contribution < 1.29 is 18.8 Å². The molecule has 10 heteroatoms. The zero-order chi connectivity index (χ0) is 26.4. The van der Waals surface area contributed by atoms with E-state index < -0.39 is 0 Å². The summed E-state index contributed by atoms with van der Waals surface area (Å²) in [6.07, 6.45) is 4.64. The number of hydrogen-bond donors (Lipinski definition) is 1. The molecule has 0 radical (unpaired) electrons. The van der Waals surface area contributed by atoms with E-state index in [0.29, 0.717) is 5.58 Å². The van der Waals surface area contributed by atoms with Gasteiger partial charge >= 0.3 is 5.76 Å². The minimum Gasteiger partial charge on any atom is -0.496 e. The lowest BCUT2D eigenvalue weighted by molar-refractivity contribution is 0.0850. The van der Waals surface area contributed by atoms with Gasteiger partial charge in [-0.1, -0.05) is 27.2 Å². The molecule has 1 N–H and O–H groups in total. The zero-order valence-electron chi connectivity index (χ0n) is 21.3. The lowest BCUT2D eigenvalue weighted by Crippen LogP contribution is -2.16. The predicted octanol–water partition coefficient (Wildman–Crippen LogP) is 6.26. The molecule has 0 aliphatic heterocycles. The number of fused-ring (bicyclic) bond motifs is 1. The molecule has 3 aromatic rings. The van der Waals surface area contributed by atoms with Gasteiger partial charge in [-0.2, -0.15) is 5.48 Å². The number of hydrogen-bond acceptors (Lipinski definition) is 7. The van der Waals surface area contributed by atoms with Crippen molar-refractivity contribution in [2.45, 2.75) is 38.1 Å². The van der Waals surface area contributed by atoms with Gasteiger partial charge in [0, 0.05) is 19.0 Å². The predicted molar refractivity (Wildman–Crippen MR) is 150 cm³/mol. The van der Waals surface area contributed by atoms with E-state index in [1.54, 1.807) is 21.3 Å². The highest BCUT2D eigenvalue weighted by Crippen LogP contribution is 2.37. The molecular weight excluding hydrogens is 594 g/mol. The van der Waals surface area contributed by atoms with Gasteiger partial charge in [0.1, 0.15) is 22.4 Å². The number of benzene rings is 2. The molecule has 1 heterocycles. The van der Waals surface area contributed by atoms with Gasteiger partial charge in [-0.15, -0.1) is 0 Å². The van der Waals surface area contributed by atoms with Crippen molar-refractivity contribution in [3.63, 3.8) is 0 Å². The number of halogens is 2. The summed E-state index contributed by atoms with van der Waals surface area (Å²) in [5.41, 5.74) is 10.1. The number of alkyl halides is 1. The summed E-state index contributed by atoms with van der Waals surface area (Å²) >= 11 is 7.08. The van der Waals surface area contributed by atoms with Crippen molar-refractivity contribution in [2.24, 2.45) is 12.2 Å². The van der Waals surface area contributed by atoms with Gasteiger partial charge in [-0.25, -0.2) is 4.79 Å². The molecule has 36 heavy (non-hydrogen) atoms. The van der Waals surface area contributed by atoms with Crippen LogP contribution in [0.1, 0.15) is 52.0 Å². The van der Waals surface area contributed by atoms with Crippen LogP contribution in [0.5, 0.6) is 5.75 Å². The van der Waals surface area contributed by atoms with E-state index in [9.17, 15) is 4.79 Å². The van der Waals surface area contributed by atoms with E-state index in [1.807, 2.05) is 19.9 Å². The summed E-state index contributed by atoms with van der Waals surface area (Å²) in [6.45, 7) is 3.97.